The van der Waals surface area contributed by atoms with E-state index in [4.69, 9.17) is 11.6 Å². The molecular formula is C16H16ClFN2O. The van der Waals surface area contributed by atoms with E-state index in [-0.39, 0.29) is 17.8 Å². The summed E-state index contributed by atoms with van der Waals surface area (Å²) in [5.41, 5.74) is 1.67. The summed E-state index contributed by atoms with van der Waals surface area (Å²) in [5, 5.41) is 6.40. The van der Waals surface area contributed by atoms with Gasteiger partial charge in [-0.3, -0.25) is 4.79 Å². The highest BCUT2D eigenvalue weighted by Gasteiger charge is 2.13. The number of hydrogen-bond donors (Lipinski definition) is 2. The van der Waals surface area contributed by atoms with Gasteiger partial charge in [-0.25, -0.2) is 4.39 Å². The van der Waals surface area contributed by atoms with Gasteiger partial charge in [-0.05, 0) is 56.3 Å². The van der Waals surface area contributed by atoms with Crippen LogP contribution in [0.5, 0.6) is 0 Å². The molecule has 0 bridgehead atoms. The van der Waals surface area contributed by atoms with Gasteiger partial charge in [-0.1, -0.05) is 11.6 Å². The molecule has 0 unspecified atom stereocenters. The van der Waals surface area contributed by atoms with Crippen LogP contribution in [0.4, 0.5) is 15.8 Å². The van der Waals surface area contributed by atoms with E-state index < -0.39 is 0 Å². The number of benzene rings is 2. The van der Waals surface area contributed by atoms with Gasteiger partial charge in [0.1, 0.15) is 5.82 Å². The first-order chi connectivity index (χ1) is 9.95. The van der Waals surface area contributed by atoms with E-state index in [2.05, 4.69) is 10.6 Å². The quantitative estimate of drug-likeness (QED) is 0.870. The van der Waals surface area contributed by atoms with Crippen molar-refractivity contribution in [2.75, 3.05) is 10.6 Å². The smallest absolute Gasteiger partial charge is 0.257 e. The summed E-state index contributed by atoms with van der Waals surface area (Å²) in [4.78, 5) is 12.4. The predicted molar refractivity (Wildman–Crippen MR) is 84.6 cm³/mol. The zero-order valence-electron chi connectivity index (χ0n) is 11.8. The summed E-state index contributed by atoms with van der Waals surface area (Å²) in [6.07, 6.45) is 0. The molecule has 0 spiro atoms. The number of carbonyl (C=O) groups is 1. The minimum atomic E-state index is -0.349. The molecule has 0 aromatic heterocycles. The second-order valence-electron chi connectivity index (χ2n) is 4.95. The fourth-order valence-corrected chi connectivity index (χ4v) is 2.04. The normalized spacial score (nSPS) is 10.5. The number of anilines is 2. The Morgan fingerprint density at radius 2 is 1.81 bits per heavy atom. The molecule has 0 saturated heterocycles. The lowest BCUT2D eigenvalue weighted by atomic mass is 10.1. The van der Waals surface area contributed by atoms with Crippen molar-refractivity contribution in [3.63, 3.8) is 0 Å². The van der Waals surface area contributed by atoms with E-state index in [1.807, 2.05) is 13.8 Å². The molecule has 2 N–H and O–H groups in total. The van der Waals surface area contributed by atoms with Gasteiger partial charge in [0, 0.05) is 22.4 Å². The first kappa shape index (κ1) is 15.3. The third-order valence-corrected chi connectivity index (χ3v) is 3.01. The third kappa shape index (κ3) is 4.20. The molecule has 2 rings (SSSR count). The van der Waals surface area contributed by atoms with Crippen LogP contribution in [0, 0.1) is 5.82 Å². The molecule has 0 aliphatic heterocycles. The Bertz CT molecular complexity index is 641. The fourth-order valence-electron chi connectivity index (χ4n) is 1.87. The predicted octanol–water partition coefficient (Wildman–Crippen LogP) is 4.55. The number of amides is 1. The van der Waals surface area contributed by atoms with Gasteiger partial charge in [0.2, 0.25) is 0 Å². The Morgan fingerprint density at radius 1 is 1.14 bits per heavy atom. The Labute approximate surface area is 128 Å². The molecule has 3 nitrogen and oxygen atoms in total. The van der Waals surface area contributed by atoms with Crippen LogP contribution in [0.3, 0.4) is 0 Å². The Morgan fingerprint density at radius 3 is 2.43 bits per heavy atom. The Hall–Kier alpha value is -2.07. The number of hydrogen-bond acceptors (Lipinski definition) is 2. The summed E-state index contributed by atoms with van der Waals surface area (Å²) in [5.74, 6) is -0.648. The van der Waals surface area contributed by atoms with Crippen molar-refractivity contribution >= 4 is 28.9 Å². The molecule has 0 saturated carbocycles. The average molecular weight is 307 g/mol. The van der Waals surface area contributed by atoms with Crippen LogP contribution in [-0.4, -0.2) is 11.9 Å². The van der Waals surface area contributed by atoms with E-state index in [1.54, 1.807) is 18.2 Å². The van der Waals surface area contributed by atoms with E-state index in [1.165, 1.54) is 24.3 Å². The van der Waals surface area contributed by atoms with Crippen molar-refractivity contribution in [2.24, 2.45) is 0 Å². The van der Waals surface area contributed by atoms with Crippen molar-refractivity contribution in [3.8, 4) is 0 Å². The molecular weight excluding hydrogens is 291 g/mol. The number of halogens is 2. The van der Waals surface area contributed by atoms with Gasteiger partial charge < -0.3 is 10.6 Å². The SMILES string of the molecule is CC(C)Nc1ccc(Cl)cc1C(=O)Nc1ccc(F)cc1. The lowest BCUT2D eigenvalue weighted by molar-refractivity contribution is 0.102. The molecule has 0 fully saturated rings. The van der Waals surface area contributed by atoms with Crippen LogP contribution in [0.1, 0.15) is 24.2 Å². The van der Waals surface area contributed by atoms with Crippen molar-refractivity contribution < 1.29 is 9.18 Å². The molecule has 0 aliphatic rings. The zero-order valence-corrected chi connectivity index (χ0v) is 12.5. The van der Waals surface area contributed by atoms with Crippen molar-refractivity contribution in [1.29, 1.82) is 0 Å². The largest absolute Gasteiger partial charge is 0.382 e. The lowest BCUT2D eigenvalue weighted by Crippen LogP contribution is -2.17. The van der Waals surface area contributed by atoms with Crippen molar-refractivity contribution in [1.82, 2.24) is 0 Å². The highest BCUT2D eigenvalue weighted by Crippen LogP contribution is 2.23. The second kappa shape index (κ2) is 6.59. The van der Waals surface area contributed by atoms with Gasteiger partial charge >= 0.3 is 0 Å². The zero-order chi connectivity index (χ0) is 15.4. The van der Waals surface area contributed by atoms with Crippen LogP contribution < -0.4 is 10.6 Å². The minimum Gasteiger partial charge on any atom is -0.382 e. The molecule has 0 atom stereocenters. The molecule has 21 heavy (non-hydrogen) atoms. The summed E-state index contributed by atoms with van der Waals surface area (Å²) >= 11 is 5.96. The lowest BCUT2D eigenvalue weighted by Gasteiger charge is -2.15. The average Bonchev–Trinajstić information content (AvgIpc) is 2.43. The van der Waals surface area contributed by atoms with Crippen LogP contribution in [0.2, 0.25) is 5.02 Å². The first-order valence-corrected chi connectivity index (χ1v) is 6.96. The van der Waals surface area contributed by atoms with Crippen molar-refractivity contribution in [3.05, 3.63) is 58.9 Å². The number of rotatable bonds is 4. The maximum atomic E-state index is 12.9. The van der Waals surface area contributed by atoms with Gasteiger partial charge in [0.25, 0.3) is 5.91 Å². The first-order valence-electron chi connectivity index (χ1n) is 6.58. The summed E-state index contributed by atoms with van der Waals surface area (Å²) < 4.78 is 12.9. The van der Waals surface area contributed by atoms with Gasteiger partial charge in [-0.2, -0.15) is 0 Å². The van der Waals surface area contributed by atoms with Crippen LogP contribution in [0.15, 0.2) is 42.5 Å². The van der Waals surface area contributed by atoms with Gasteiger partial charge in [0.05, 0.1) is 5.56 Å². The highest BCUT2D eigenvalue weighted by molar-refractivity contribution is 6.31. The van der Waals surface area contributed by atoms with Crippen LogP contribution in [-0.2, 0) is 0 Å². The van der Waals surface area contributed by atoms with Crippen LogP contribution >= 0.6 is 11.6 Å². The highest BCUT2D eigenvalue weighted by atomic mass is 35.5. The maximum Gasteiger partial charge on any atom is 0.257 e. The molecule has 0 aliphatic carbocycles. The number of carbonyl (C=O) groups excluding carboxylic acids is 1. The summed E-state index contributed by atoms with van der Waals surface area (Å²) in [6, 6.07) is 10.9. The Balaban J connectivity index is 2.25. The molecule has 0 radical (unpaired) electrons. The maximum absolute atomic E-state index is 12.9. The summed E-state index contributed by atoms with van der Waals surface area (Å²) in [7, 11) is 0. The third-order valence-electron chi connectivity index (χ3n) is 2.77. The monoisotopic (exact) mass is 306 g/mol. The van der Waals surface area contributed by atoms with E-state index in [9.17, 15) is 9.18 Å². The van der Waals surface area contributed by atoms with E-state index >= 15 is 0 Å². The standard InChI is InChI=1S/C16H16ClFN2O/c1-10(2)19-15-8-3-11(17)9-14(15)16(21)20-13-6-4-12(18)5-7-13/h3-10,19H,1-2H3,(H,20,21). The van der Waals surface area contributed by atoms with E-state index in [0.717, 1.165) is 0 Å². The second-order valence-corrected chi connectivity index (χ2v) is 5.39. The topological polar surface area (TPSA) is 41.1 Å². The van der Waals surface area contributed by atoms with E-state index in [0.29, 0.717) is 22.0 Å². The van der Waals surface area contributed by atoms with Gasteiger partial charge in [-0.15, -0.1) is 0 Å². The molecule has 1 amide bonds. The minimum absolute atomic E-state index is 0.184. The van der Waals surface area contributed by atoms with Crippen molar-refractivity contribution in [2.45, 2.75) is 19.9 Å². The molecule has 2 aromatic carbocycles. The van der Waals surface area contributed by atoms with Gasteiger partial charge in [0.15, 0.2) is 0 Å². The number of nitrogens with one attached hydrogen (secondary N) is 2. The molecule has 110 valence electrons. The fraction of sp³-hybridized carbons (Fsp3) is 0.188. The molecule has 0 heterocycles. The summed E-state index contributed by atoms with van der Waals surface area (Å²) in [6.45, 7) is 3.96. The molecule has 2 aromatic rings. The molecule has 5 heteroatoms. The van der Waals surface area contributed by atoms with Crippen LogP contribution in [0.25, 0.3) is 0 Å². The Kier molecular flexibility index (Phi) is 4.81.